The third kappa shape index (κ3) is 2.59. The van der Waals surface area contributed by atoms with Crippen molar-refractivity contribution in [3.05, 3.63) is 46.1 Å². The molecule has 0 spiro atoms. The summed E-state index contributed by atoms with van der Waals surface area (Å²) in [5.74, 6) is 0.403. The molecule has 3 heterocycles. The lowest BCUT2D eigenvalue weighted by Crippen LogP contribution is -2.41. The van der Waals surface area contributed by atoms with Gasteiger partial charge in [-0.25, -0.2) is 9.97 Å². The number of carbonyl (C=O) groups excluding carboxylic acids is 1. The highest BCUT2D eigenvalue weighted by atomic mass is 35.5. The topological polar surface area (TPSA) is 73.1 Å². The molecule has 9 heteroatoms. The second-order valence-electron chi connectivity index (χ2n) is 5.99. The van der Waals surface area contributed by atoms with Crippen LogP contribution in [0.2, 0.25) is 10.0 Å². The van der Waals surface area contributed by atoms with Crippen LogP contribution in [0.3, 0.4) is 0 Å². The first-order valence-corrected chi connectivity index (χ1v) is 8.78. The summed E-state index contributed by atoms with van der Waals surface area (Å²) in [6, 6.07) is 3.43. The van der Waals surface area contributed by atoms with Crippen molar-refractivity contribution >= 4 is 40.0 Å². The van der Waals surface area contributed by atoms with Gasteiger partial charge >= 0.3 is 0 Å². The Labute approximate surface area is 159 Å². The van der Waals surface area contributed by atoms with Crippen molar-refractivity contribution < 1.29 is 9.53 Å². The number of amides is 1. The highest BCUT2D eigenvalue weighted by Gasteiger charge is 2.32. The van der Waals surface area contributed by atoms with Crippen LogP contribution in [-0.2, 0) is 6.54 Å². The van der Waals surface area contributed by atoms with E-state index in [9.17, 15) is 4.79 Å². The van der Waals surface area contributed by atoms with Gasteiger partial charge in [0.2, 0.25) is 5.82 Å². The molecule has 2 aromatic heterocycles. The van der Waals surface area contributed by atoms with E-state index in [4.69, 9.17) is 27.9 Å². The Balaban J connectivity index is 1.72. The Kier molecular flexibility index (Phi) is 4.20. The van der Waals surface area contributed by atoms with E-state index < -0.39 is 0 Å². The Bertz CT molecular complexity index is 1000. The van der Waals surface area contributed by atoms with Gasteiger partial charge in [-0.3, -0.25) is 9.48 Å². The molecule has 0 N–H and O–H groups in total. The van der Waals surface area contributed by atoms with Crippen LogP contribution in [0.5, 0.6) is 5.75 Å². The highest BCUT2D eigenvalue weighted by molar-refractivity contribution is 6.45. The summed E-state index contributed by atoms with van der Waals surface area (Å²) in [7, 11) is 1.52. The van der Waals surface area contributed by atoms with Gasteiger partial charge in [-0.05, 0) is 19.1 Å². The maximum atomic E-state index is 12.9. The predicted molar refractivity (Wildman–Crippen MR) is 97.8 cm³/mol. The summed E-state index contributed by atoms with van der Waals surface area (Å²) in [6.07, 6.45) is 2.96. The number of methoxy groups -OCH3 is 1. The van der Waals surface area contributed by atoms with Gasteiger partial charge in [0.25, 0.3) is 5.91 Å². The molecule has 1 aliphatic heterocycles. The Morgan fingerprint density at radius 2 is 1.96 bits per heavy atom. The van der Waals surface area contributed by atoms with Crippen LogP contribution < -0.4 is 4.74 Å². The van der Waals surface area contributed by atoms with Crippen molar-refractivity contribution in [2.75, 3.05) is 13.7 Å². The second-order valence-corrected chi connectivity index (χ2v) is 6.77. The van der Waals surface area contributed by atoms with Gasteiger partial charge in [0.05, 0.1) is 47.8 Å². The standard InChI is InChI=1S/C17H15Cl2N5O2/c1-9-15-11-3-4-12(18)13(19)14(11)22-24(15)6-5-23(9)17(25)16-20-7-10(26-2)8-21-16/h3-4,7-9H,5-6H2,1-2H3/t9-/m1/s1. The number of ether oxygens (including phenoxy) is 1. The minimum atomic E-state index is -0.235. The van der Waals surface area contributed by atoms with Gasteiger partial charge in [0.15, 0.2) is 5.75 Å². The summed E-state index contributed by atoms with van der Waals surface area (Å²) in [5, 5.41) is 6.34. The van der Waals surface area contributed by atoms with E-state index in [2.05, 4.69) is 15.1 Å². The summed E-state index contributed by atoms with van der Waals surface area (Å²) in [4.78, 5) is 22.8. The van der Waals surface area contributed by atoms with Crippen LogP contribution in [0.4, 0.5) is 0 Å². The van der Waals surface area contributed by atoms with Crippen LogP contribution in [0.25, 0.3) is 10.9 Å². The fraction of sp³-hybridized carbons (Fsp3) is 0.294. The Hall–Kier alpha value is -2.38. The van der Waals surface area contributed by atoms with Crippen molar-refractivity contribution in [2.45, 2.75) is 19.5 Å². The van der Waals surface area contributed by atoms with Gasteiger partial charge in [0, 0.05) is 11.9 Å². The van der Waals surface area contributed by atoms with Gasteiger partial charge in [-0.15, -0.1) is 0 Å². The zero-order valence-electron chi connectivity index (χ0n) is 14.1. The molecule has 0 saturated heterocycles. The summed E-state index contributed by atoms with van der Waals surface area (Å²) in [6.45, 7) is 3.02. The van der Waals surface area contributed by atoms with Crippen molar-refractivity contribution in [3.8, 4) is 5.75 Å². The van der Waals surface area contributed by atoms with E-state index in [0.717, 1.165) is 11.1 Å². The van der Waals surface area contributed by atoms with Gasteiger partial charge < -0.3 is 9.64 Å². The molecule has 4 rings (SSSR count). The lowest BCUT2D eigenvalue weighted by Gasteiger charge is -2.33. The number of benzene rings is 1. The molecule has 0 bridgehead atoms. The lowest BCUT2D eigenvalue weighted by atomic mass is 10.1. The number of nitrogens with zero attached hydrogens (tertiary/aromatic N) is 5. The summed E-state index contributed by atoms with van der Waals surface area (Å²) in [5.41, 5.74) is 1.57. The first kappa shape index (κ1) is 17.1. The van der Waals surface area contributed by atoms with Crippen LogP contribution in [0.1, 0.15) is 29.3 Å². The van der Waals surface area contributed by atoms with Crippen LogP contribution in [0.15, 0.2) is 24.5 Å². The van der Waals surface area contributed by atoms with Crippen molar-refractivity contribution in [3.63, 3.8) is 0 Å². The minimum Gasteiger partial charge on any atom is -0.494 e. The third-order valence-electron chi connectivity index (χ3n) is 4.58. The number of rotatable bonds is 2. The molecule has 1 aliphatic rings. The first-order valence-electron chi connectivity index (χ1n) is 8.02. The van der Waals surface area contributed by atoms with E-state index in [1.165, 1.54) is 19.5 Å². The summed E-state index contributed by atoms with van der Waals surface area (Å²) < 4.78 is 6.92. The molecular weight excluding hydrogens is 377 g/mol. The van der Waals surface area contributed by atoms with Gasteiger partial charge in [0.1, 0.15) is 5.52 Å². The van der Waals surface area contributed by atoms with E-state index in [0.29, 0.717) is 34.4 Å². The first-order chi connectivity index (χ1) is 12.5. The summed E-state index contributed by atoms with van der Waals surface area (Å²) >= 11 is 12.4. The maximum Gasteiger partial charge on any atom is 0.292 e. The van der Waals surface area contributed by atoms with Crippen LogP contribution in [-0.4, -0.2) is 44.2 Å². The van der Waals surface area contributed by atoms with Crippen LogP contribution >= 0.6 is 23.2 Å². The molecule has 3 aromatic rings. The smallest absolute Gasteiger partial charge is 0.292 e. The molecule has 26 heavy (non-hydrogen) atoms. The van der Waals surface area contributed by atoms with Crippen LogP contribution in [0, 0.1) is 0 Å². The maximum absolute atomic E-state index is 12.9. The molecular formula is C17H15Cl2N5O2. The number of carbonyl (C=O) groups is 1. The molecule has 0 fully saturated rings. The van der Waals surface area contributed by atoms with E-state index in [1.54, 1.807) is 11.0 Å². The van der Waals surface area contributed by atoms with E-state index in [1.807, 2.05) is 17.7 Å². The fourth-order valence-electron chi connectivity index (χ4n) is 3.25. The Morgan fingerprint density at radius 3 is 2.65 bits per heavy atom. The number of hydrogen-bond acceptors (Lipinski definition) is 5. The molecule has 0 unspecified atom stereocenters. The van der Waals surface area contributed by atoms with Gasteiger partial charge in [-0.2, -0.15) is 5.10 Å². The van der Waals surface area contributed by atoms with Gasteiger partial charge in [-0.1, -0.05) is 23.2 Å². The largest absolute Gasteiger partial charge is 0.494 e. The molecule has 0 aliphatic carbocycles. The fourth-order valence-corrected chi connectivity index (χ4v) is 3.61. The van der Waals surface area contributed by atoms with Crippen molar-refractivity contribution in [1.29, 1.82) is 0 Å². The molecule has 1 atom stereocenters. The van der Waals surface area contributed by atoms with E-state index >= 15 is 0 Å². The molecule has 1 amide bonds. The van der Waals surface area contributed by atoms with Crippen molar-refractivity contribution in [1.82, 2.24) is 24.6 Å². The molecule has 0 saturated carbocycles. The number of aromatic nitrogens is 4. The normalized spacial score (nSPS) is 16.6. The minimum absolute atomic E-state index is 0.135. The number of hydrogen-bond donors (Lipinski definition) is 0. The molecule has 7 nitrogen and oxygen atoms in total. The zero-order valence-corrected chi connectivity index (χ0v) is 15.6. The third-order valence-corrected chi connectivity index (χ3v) is 5.37. The Morgan fingerprint density at radius 1 is 1.23 bits per heavy atom. The average molecular weight is 392 g/mol. The molecule has 0 radical (unpaired) electrons. The molecule has 1 aromatic carbocycles. The van der Waals surface area contributed by atoms with E-state index in [-0.39, 0.29) is 17.8 Å². The zero-order chi connectivity index (χ0) is 18.4. The molecule has 134 valence electrons. The average Bonchev–Trinajstić information content (AvgIpc) is 3.05. The monoisotopic (exact) mass is 391 g/mol. The number of fused-ring (bicyclic) bond motifs is 3. The lowest BCUT2D eigenvalue weighted by molar-refractivity contribution is 0.0626. The quantitative estimate of drug-likeness (QED) is 0.669. The number of halogens is 2. The predicted octanol–water partition coefficient (Wildman–Crippen LogP) is 3.36. The SMILES string of the molecule is COc1cnc(C(=O)N2CCn3nc4c(Cl)c(Cl)ccc4c3[C@H]2C)nc1. The second kappa shape index (κ2) is 6.41. The van der Waals surface area contributed by atoms with Crippen molar-refractivity contribution in [2.24, 2.45) is 0 Å². The highest BCUT2D eigenvalue weighted by Crippen LogP contribution is 2.37.